The van der Waals surface area contributed by atoms with Crippen molar-refractivity contribution in [1.29, 1.82) is 0 Å². The Labute approximate surface area is 125 Å². The lowest BCUT2D eigenvalue weighted by Crippen LogP contribution is -2.28. The molecule has 1 atom stereocenters. The minimum atomic E-state index is -0.199. The van der Waals surface area contributed by atoms with Gasteiger partial charge in [-0.3, -0.25) is 0 Å². The lowest BCUT2D eigenvalue weighted by atomic mass is 10.0. The van der Waals surface area contributed by atoms with Gasteiger partial charge in [0, 0.05) is 31.4 Å². The molecule has 3 rings (SSSR count). The van der Waals surface area contributed by atoms with Crippen molar-refractivity contribution >= 4 is 0 Å². The van der Waals surface area contributed by atoms with Crippen LogP contribution in [0.15, 0.2) is 24.3 Å². The highest BCUT2D eigenvalue weighted by atomic mass is 19.1. The number of ether oxygens (including phenoxy) is 2. The summed E-state index contributed by atoms with van der Waals surface area (Å²) in [5.41, 5.74) is 0.665. The van der Waals surface area contributed by atoms with Crippen LogP contribution in [-0.4, -0.2) is 32.4 Å². The maximum atomic E-state index is 14.0. The monoisotopic (exact) mass is 293 g/mol. The van der Waals surface area contributed by atoms with Gasteiger partial charge in [-0.05, 0) is 37.7 Å². The van der Waals surface area contributed by atoms with Crippen molar-refractivity contribution in [3.05, 3.63) is 35.6 Å². The number of rotatable bonds is 7. The number of hydrogen-bond acceptors (Lipinski definition) is 3. The van der Waals surface area contributed by atoms with Crippen molar-refractivity contribution in [2.24, 2.45) is 5.92 Å². The van der Waals surface area contributed by atoms with Crippen LogP contribution in [0.2, 0.25) is 0 Å². The van der Waals surface area contributed by atoms with Gasteiger partial charge in [0.15, 0.2) is 0 Å². The molecule has 0 aromatic heterocycles. The number of benzene rings is 1. The quantitative estimate of drug-likeness (QED) is 0.838. The molecule has 1 aromatic carbocycles. The highest BCUT2D eigenvalue weighted by molar-refractivity contribution is 5.20. The molecule has 21 heavy (non-hydrogen) atoms. The summed E-state index contributed by atoms with van der Waals surface area (Å²) < 4.78 is 25.5. The zero-order chi connectivity index (χ0) is 14.5. The van der Waals surface area contributed by atoms with Crippen LogP contribution in [0.3, 0.4) is 0 Å². The Kier molecular flexibility index (Phi) is 5.22. The molecule has 1 aliphatic heterocycles. The zero-order valence-electron chi connectivity index (χ0n) is 12.4. The average Bonchev–Trinajstić information content (AvgIpc) is 3.34. The molecule has 4 heteroatoms. The van der Waals surface area contributed by atoms with E-state index in [1.807, 2.05) is 12.1 Å². The van der Waals surface area contributed by atoms with Gasteiger partial charge >= 0.3 is 0 Å². The van der Waals surface area contributed by atoms with Crippen LogP contribution < -0.4 is 5.32 Å². The molecule has 1 heterocycles. The topological polar surface area (TPSA) is 30.5 Å². The standard InChI is InChI=1S/C17H24FNO2/c18-16-4-2-1-3-15(16)17(11-19-14-5-6-14)21-12-13-7-9-20-10-8-13/h1-4,13-14,17,19H,5-12H2. The van der Waals surface area contributed by atoms with E-state index in [0.717, 1.165) is 26.1 Å². The molecule has 1 N–H and O–H groups in total. The minimum Gasteiger partial charge on any atom is -0.381 e. The molecule has 1 aromatic rings. The molecular weight excluding hydrogens is 269 g/mol. The number of hydrogen-bond donors (Lipinski definition) is 1. The van der Waals surface area contributed by atoms with Gasteiger partial charge in [0.05, 0.1) is 12.7 Å². The van der Waals surface area contributed by atoms with Crippen LogP contribution in [0.4, 0.5) is 4.39 Å². The third-order valence-corrected chi connectivity index (χ3v) is 4.30. The Bertz CT molecular complexity index is 444. The summed E-state index contributed by atoms with van der Waals surface area (Å²) >= 11 is 0. The lowest BCUT2D eigenvalue weighted by molar-refractivity contribution is -0.0126. The maximum absolute atomic E-state index is 14.0. The summed E-state index contributed by atoms with van der Waals surface area (Å²) in [5.74, 6) is 0.362. The van der Waals surface area contributed by atoms with E-state index in [-0.39, 0.29) is 11.9 Å². The van der Waals surface area contributed by atoms with E-state index in [2.05, 4.69) is 5.32 Å². The Balaban J connectivity index is 1.59. The fraction of sp³-hybridized carbons (Fsp3) is 0.647. The highest BCUT2D eigenvalue weighted by Gasteiger charge is 2.25. The maximum Gasteiger partial charge on any atom is 0.129 e. The molecule has 1 saturated heterocycles. The van der Waals surface area contributed by atoms with Crippen LogP contribution in [0, 0.1) is 11.7 Å². The summed E-state index contributed by atoms with van der Waals surface area (Å²) in [6, 6.07) is 7.55. The lowest BCUT2D eigenvalue weighted by Gasteiger charge is -2.26. The van der Waals surface area contributed by atoms with Gasteiger partial charge < -0.3 is 14.8 Å². The molecular formula is C17H24FNO2. The predicted octanol–water partition coefficient (Wildman–Crippen LogP) is 3.06. The third kappa shape index (κ3) is 4.50. The Morgan fingerprint density at radius 3 is 2.67 bits per heavy atom. The van der Waals surface area contributed by atoms with Crippen LogP contribution >= 0.6 is 0 Å². The van der Waals surface area contributed by atoms with Crippen LogP contribution in [-0.2, 0) is 9.47 Å². The molecule has 2 aliphatic rings. The smallest absolute Gasteiger partial charge is 0.129 e. The first kappa shape index (κ1) is 14.9. The fourth-order valence-electron chi connectivity index (χ4n) is 2.72. The molecule has 0 spiro atoms. The van der Waals surface area contributed by atoms with Crippen molar-refractivity contribution in [3.8, 4) is 0 Å². The van der Waals surface area contributed by atoms with Gasteiger partial charge in [-0.15, -0.1) is 0 Å². The van der Waals surface area contributed by atoms with Crippen molar-refractivity contribution in [3.63, 3.8) is 0 Å². The van der Waals surface area contributed by atoms with E-state index in [1.165, 1.54) is 18.9 Å². The molecule has 0 radical (unpaired) electrons. The fourth-order valence-corrected chi connectivity index (χ4v) is 2.72. The molecule has 1 saturated carbocycles. The second kappa shape index (κ2) is 7.34. The van der Waals surface area contributed by atoms with Crippen molar-refractivity contribution < 1.29 is 13.9 Å². The Morgan fingerprint density at radius 1 is 1.19 bits per heavy atom. The summed E-state index contributed by atoms with van der Waals surface area (Å²) in [4.78, 5) is 0. The van der Waals surface area contributed by atoms with E-state index in [0.29, 0.717) is 30.7 Å². The van der Waals surface area contributed by atoms with Gasteiger partial charge in [-0.1, -0.05) is 18.2 Å². The molecule has 2 fully saturated rings. The predicted molar refractivity (Wildman–Crippen MR) is 79.7 cm³/mol. The minimum absolute atomic E-state index is 0.174. The van der Waals surface area contributed by atoms with Crippen LogP contribution in [0.5, 0.6) is 0 Å². The average molecular weight is 293 g/mol. The van der Waals surface area contributed by atoms with E-state index >= 15 is 0 Å². The summed E-state index contributed by atoms with van der Waals surface area (Å²) in [6.45, 7) is 3.01. The number of halogens is 1. The molecule has 3 nitrogen and oxygen atoms in total. The van der Waals surface area contributed by atoms with Crippen molar-refractivity contribution in [2.45, 2.75) is 37.8 Å². The van der Waals surface area contributed by atoms with Gasteiger partial charge in [0.1, 0.15) is 5.82 Å². The summed E-state index contributed by atoms with van der Waals surface area (Å²) in [6.07, 6.45) is 4.34. The molecule has 116 valence electrons. The first-order valence-electron chi connectivity index (χ1n) is 8.00. The van der Waals surface area contributed by atoms with E-state index in [1.54, 1.807) is 6.07 Å². The van der Waals surface area contributed by atoms with Gasteiger partial charge in [0.2, 0.25) is 0 Å². The third-order valence-electron chi connectivity index (χ3n) is 4.30. The highest BCUT2D eigenvalue weighted by Crippen LogP contribution is 2.25. The normalized spacial score (nSPS) is 21.4. The number of nitrogens with one attached hydrogen (secondary N) is 1. The SMILES string of the molecule is Fc1ccccc1C(CNC1CC1)OCC1CCOCC1. The second-order valence-corrected chi connectivity index (χ2v) is 6.08. The van der Waals surface area contributed by atoms with Crippen LogP contribution in [0.1, 0.15) is 37.4 Å². The molecule has 1 unspecified atom stereocenters. The van der Waals surface area contributed by atoms with Gasteiger partial charge in [-0.2, -0.15) is 0 Å². The van der Waals surface area contributed by atoms with E-state index in [4.69, 9.17) is 9.47 Å². The first-order valence-corrected chi connectivity index (χ1v) is 8.00. The van der Waals surface area contributed by atoms with Crippen LogP contribution in [0.25, 0.3) is 0 Å². The van der Waals surface area contributed by atoms with Crippen molar-refractivity contribution in [1.82, 2.24) is 5.32 Å². The largest absolute Gasteiger partial charge is 0.381 e. The van der Waals surface area contributed by atoms with E-state index < -0.39 is 0 Å². The molecule has 1 aliphatic carbocycles. The van der Waals surface area contributed by atoms with Gasteiger partial charge in [-0.25, -0.2) is 4.39 Å². The Hall–Kier alpha value is -0.970. The zero-order valence-corrected chi connectivity index (χ0v) is 12.4. The first-order chi connectivity index (χ1) is 10.3. The molecule has 0 bridgehead atoms. The summed E-state index contributed by atoms with van der Waals surface area (Å²) in [5, 5.41) is 3.45. The van der Waals surface area contributed by atoms with Gasteiger partial charge in [0.25, 0.3) is 0 Å². The summed E-state index contributed by atoms with van der Waals surface area (Å²) in [7, 11) is 0. The Morgan fingerprint density at radius 2 is 1.95 bits per heavy atom. The van der Waals surface area contributed by atoms with Crippen molar-refractivity contribution in [2.75, 3.05) is 26.4 Å². The second-order valence-electron chi connectivity index (χ2n) is 6.08. The van der Waals surface area contributed by atoms with E-state index in [9.17, 15) is 4.39 Å². The molecule has 0 amide bonds.